The topological polar surface area (TPSA) is 78.1 Å². The van der Waals surface area contributed by atoms with Gasteiger partial charge in [-0.1, -0.05) is 133 Å². The zero-order chi connectivity index (χ0) is 33.1. The fourth-order valence-electron chi connectivity index (χ4n) is 7.55. The number of rotatable bonds is 4. The minimum Gasteiger partial charge on any atom is -0.399 e. The smallest absolute Gasteiger partial charge is 0.0415 e. The Morgan fingerprint density at radius 1 is 0.306 bits per heavy atom. The molecule has 0 unspecified atom stereocenters. The van der Waals surface area contributed by atoms with Gasteiger partial charge in [0.15, 0.2) is 0 Å². The van der Waals surface area contributed by atoms with Crippen LogP contribution in [0.5, 0.6) is 0 Å². The predicted molar refractivity (Wildman–Crippen MR) is 211 cm³/mol. The number of nitrogens with two attached hydrogens (primary N) is 3. The number of fused-ring (bicyclic) bond motifs is 4. The molecule has 0 aliphatic carbocycles. The fourth-order valence-corrected chi connectivity index (χ4v) is 7.55. The van der Waals surface area contributed by atoms with Crippen LogP contribution in [0.4, 0.5) is 17.1 Å². The molecular formula is C46H33N3. The van der Waals surface area contributed by atoms with Crippen molar-refractivity contribution in [1.29, 1.82) is 0 Å². The first kappa shape index (κ1) is 28.6. The zero-order valence-corrected chi connectivity index (χ0v) is 26.8. The molecule has 0 heterocycles. The van der Waals surface area contributed by atoms with Crippen LogP contribution < -0.4 is 17.2 Å². The van der Waals surface area contributed by atoms with Gasteiger partial charge in [-0.25, -0.2) is 0 Å². The number of nitrogen functional groups attached to an aromatic ring is 3. The van der Waals surface area contributed by atoms with Crippen LogP contribution in [-0.4, -0.2) is 0 Å². The molecule has 0 aliphatic rings. The third-order valence-corrected chi connectivity index (χ3v) is 9.89. The summed E-state index contributed by atoms with van der Waals surface area (Å²) in [6, 6.07) is 58.1. The molecule has 0 fully saturated rings. The van der Waals surface area contributed by atoms with Crippen molar-refractivity contribution < 1.29 is 0 Å². The zero-order valence-electron chi connectivity index (χ0n) is 26.8. The average molecular weight is 628 g/mol. The van der Waals surface area contributed by atoms with Crippen molar-refractivity contribution in [3.8, 4) is 44.5 Å². The van der Waals surface area contributed by atoms with Crippen molar-refractivity contribution >= 4 is 60.2 Å². The van der Waals surface area contributed by atoms with Gasteiger partial charge >= 0.3 is 0 Å². The van der Waals surface area contributed by atoms with E-state index in [1.807, 2.05) is 30.3 Å². The first-order valence-electron chi connectivity index (χ1n) is 16.5. The van der Waals surface area contributed by atoms with Crippen LogP contribution in [0.1, 0.15) is 0 Å². The molecule has 3 heteroatoms. The van der Waals surface area contributed by atoms with E-state index < -0.39 is 0 Å². The molecule has 0 spiro atoms. The van der Waals surface area contributed by atoms with Crippen molar-refractivity contribution in [3.63, 3.8) is 0 Å². The lowest BCUT2D eigenvalue weighted by Gasteiger charge is -2.18. The maximum Gasteiger partial charge on any atom is 0.0415 e. The molecule has 9 aromatic rings. The van der Waals surface area contributed by atoms with Crippen molar-refractivity contribution in [2.75, 3.05) is 17.2 Å². The maximum absolute atomic E-state index is 6.34. The SMILES string of the molecule is Nc1ccc2cc(-c3ccc(-c4c5ccccc5c(-c5ccc(-c6ccc(N)c7c(N)cccc67)cc5)c5ccccc45)cc3)ccc2c1. The lowest BCUT2D eigenvalue weighted by atomic mass is 9.85. The molecule has 0 amide bonds. The van der Waals surface area contributed by atoms with Crippen LogP contribution in [0.3, 0.4) is 0 Å². The molecule has 3 nitrogen and oxygen atoms in total. The highest BCUT2D eigenvalue weighted by molar-refractivity contribution is 6.21. The van der Waals surface area contributed by atoms with E-state index in [0.717, 1.165) is 33.0 Å². The molecule has 0 aromatic heterocycles. The van der Waals surface area contributed by atoms with Crippen LogP contribution in [0, 0.1) is 0 Å². The number of anilines is 3. The van der Waals surface area contributed by atoms with Crippen molar-refractivity contribution in [2.45, 2.75) is 0 Å². The van der Waals surface area contributed by atoms with Gasteiger partial charge in [0, 0.05) is 22.4 Å². The van der Waals surface area contributed by atoms with E-state index in [2.05, 4.69) is 133 Å². The maximum atomic E-state index is 6.34. The Bertz CT molecular complexity index is 2660. The molecule has 0 saturated heterocycles. The molecule has 0 aliphatic heterocycles. The molecule has 0 saturated carbocycles. The Balaban J connectivity index is 1.17. The normalized spacial score (nSPS) is 11.5. The highest BCUT2D eigenvalue weighted by atomic mass is 14.6. The molecule has 9 aromatic carbocycles. The Morgan fingerprint density at radius 2 is 0.776 bits per heavy atom. The van der Waals surface area contributed by atoms with Gasteiger partial charge < -0.3 is 17.2 Å². The Hall–Kier alpha value is -6.58. The summed E-state index contributed by atoms with van der Waals surface area (Å²) in [5.74, 6) is 0. The average Bonchev–Trinajstić information content (AvgIpc) is 3.14. The van der Waals surface area contributed by atoms with Crippen molar-refractivity contribution in [3.05, 3.63) is 164 Å². The van der Waals surface area contributed by atoms with E-state index in [9.17, 15) is 0 Å². The summed E-state index contributed by atoms with van der Waals surface area (Å²) < 4.78 is 0. The van der Waals surface area contributed by atoms with E-state index >= 15 is 0 Å². The molecule has 232 valence electrons. The quantitative estimate of drug-likeness (QED) is 0.134. The third-order valence-electron chi connectivity index (χ3n) is 9.89. The van der Waals surface area contributed by atoms with Gasteiger partial charge in [0.1, 0.15) is 0 Å². The van der Waals surface area contributed by atoms with Gasteiger partial charge in [-0.15, -0.1) is 0 Å². The van der Waals surface area contributed by atoms with Crippen molar-refractivity contribution in [1.82, 2.24) is 0 Å². The molecule has 6 N–H and O–H groups in total. The van der Waals surface area contributed by atoms with E-state index in [-0.39, 0.29) is 0 Å². The van der Waals surface area contributed by atoms with Crippen LogP contribution in [0.15, 0.2) is 164 Å². The second-order valence-electron chi connectivity index (χ2n) is 12.8. The highest BCUT2D eigenvalue weighted by Gasteiger charge is 2.17. The van der Waals surface area contributed by atoms with Gasteiger partial charge in [0.05, 0.1) is 0 Å². The first-order valence-corrected chi connectivity index (χ1v) is 16.5. The van der Waals surface area contributed by atoms with Gasteiger partial charge in [0.25, 0.3) is 0 Å². The van der Waals surface area contributed by atoms with Crippen LogP contribution in [0.25, 0.3) is 87.6 Å². The minimum atomic E-state index is 0.695. The molecule has 49 heavy (non-hydrogen) atoms. The molecule has 0 radical (unpaired) electrons. The summed E-state index contributed by atoms with van der Waals surface area (Å²) in [5, 5.41) is 9.23. The Labute approximate surface area is 284 Å². The largest absolute Gasteiger partial charge is 0.399 e. The van der Waals surface area contributed by atoms with Crippen LogP contribution >= 0.6 is 0 Å². The number of hydrogen-bond donors (Lipinski definition) is 3. The lowest BCUT2D eigenvalue weighted by Crippen LogP contribution is -1.94. The number of benzene rings is 9. The summed E-state index contributed by atoms with van der Waals surface area (Å²) in [6.45, 7) is 0. The minimum absolute atomic E-state index is 0.695. The third kappa shape index (κ3) is 4.75. The van der Waals surface area contributed by atoms with Gasteiger partial charge in [-0.05, 0) is 113 Å². The van der Waals surface area contributed by atoms with E-state index in [4.69, 9.17) is 17.2 Å². The van der Waals surface area contributed by atoms with Gasteiger partial charge in [-0.2, -0.15) is 0 Å². The van der Waals surface area contributed by atoms with E-state index in [0.29, 0.717) is 11.4 Å². The van der Waals surface area contributed by atoms with Crippen LogP contribution in [0.2, 0.25) is 0 Å². The highest BCUT2D eigenvalue weighted by Crippen LogP contribution is 2.44. The van der Waals surface area contributed by atoms with E-state index in [1.54, 1.807) is 0 Å². The first-order chi connectivity index (χ1) is 24.0. The van der Waals surface area contributed by atoms with Crippen LogP contribution in [-0.2, 0) is 0 Å². The summed E-state index contributed by atoms with van der Waals surface area (Å²) in [4.78, 5) is 0. The van der Waals surface area contributed by atoms with E-state index in [1.165, 1.54) is 60.3 Å². The summed E-state index contributed by atoms with van der Waals surface area (Å²) in [5.41, 5.74) is 30.3. The summed E-state index contributed by atoms with van der Waals surface area (Å²) in [7, 11) is 0. The molecular weight excluding hydrogens is 595 g/mol. The Kier molecular flexibility index (Phi) is 6.60. The molecule has 0 bridgehead atoms. The standard InChI is InChI=1S/C46H33N3/c47-35-23-22-33-26-32(20-21-34(33)27-35)28-12-16-30(17-13-28)44-38-6-1-3-8-40(38)45(41-9-4-2-7-39(41)44)31-18-14-29(15-19-31)36-24-25-43(49)46-37(36)10-5-11-42(46)48/h1-27H,47-49H2. The summed E-state index contributed by atoms with van der Waals surface area (Å²) in [6.07, 6.45) is 0. The van der Waals surface area contributed by atoms with Crippen molar-refractivity contribution in [2.24, 2.45) is 0 Å². The second kappa shape index (κ2) is 11.3. The monoisotopic (exact) mass is 627 g/mol. The fraction of sp³-hybridized carbons (Fsp3) is 0. The molecule has 0 atom stereocenters. The Morgan fingerprint density at radius 3 is 1.39 bits per heavy atom. The molecule has 9 rings (SSSR count). The lowest BCUT2D eigenvalue weighted by molar-refractivity contribution is 1.62. The number of hydrogen-bond acceptors (Lipinski definition) is 3. The summed E-state index contributed by atoms with van der Waals surface area (Å²) >= 11 is 0. The van der Waals surface area contributed by atoms with Gasteiger partial charge in [0.2, 0.25) is 0 Å². The van der Waals surface area contributed by atoms with Gasteiger partial charge in [-0.3, -0.25) is 0 Å². The second-order valence-corrected chi connectivity index (χ2v) is 12.8. The predicted octanol–water partition coefficient (Wildman–Crippen LogP) is 11.7.